The van der Waals surface area contributed by atoms with E-state index in [2.05, 4.69) is 33.5 Å². The van der Waals surface area contributed by atoms with Crippen LogP contribution in [0.2, 0.25) is 0 Å². The van der Waals surface area contributed by atoms with E-state index in [4.69, 9.17) is 0 Å². The van der Waals surface area contributed by atoms with Crippen LogP contribution in [0.3, 0.4) is 0 Å². The van der Waals surface area contributed by atoms with Gasteiger partial charge in [-0.15, -0.1) is 0 Å². The van der Waals surface area contributed by atoms with Gasteiger partial charge in [-0.3, -0.25) is 0 Å². The first-order valence-corrected chi connectivity index (χ1v) is 8.84. The highest BCUT2D eigenvalue weighted by Gasteiger charge is 2.29. The number of benzene rings is 1. The zero-order valence-electron chi connectivity index (χ0n) is 14.4. The van der Waals surface area contributed by atoms with E-state index in [1.54, 1.807) is 6.20 Å². The fraction of sp³-hybridized carbons (Fsp3) is 0.350. The van der Waals surface area contributed by atoms with E-state index in [0.29, 0.717) is 12.5 Å². The number of aromatic nitrogens is 2. The monoisotopic (exact) mass is 334 g/mol. The molecule has 1 aliphatic heterocycles. The van der Waals surface area contributed by atoms with Crippen LogP contribution < -0.4 is 5.32 Å². The number of nitrogens with zero attached hydrogens (tertiary/aromatic N) is 3. The second kappa shape index (κ2) is 6.67. The minimum Gasteiger partial charge on any atom is -0.320 e. The van der Waals surface area contributed by atoms with Gasteiger partial charge in [0.1, 0.15) is 5.82 Å². The summed E-state index contributed by atoms with van der Waals surface area (Å²) in [5, 5.41) is 3.04. The van der Waals surface area contributed by atoms with Gasteiger partial charge in [-0.25, -0.2) is 14.8 Å². The number of carbonyl (C=O) groups excluding carboxylic acids is 1. The number of carbonyl (C=O) groups is 1. The lowest BCUT2D eigenvalue weighted by Gasteiger charge is -2.28. The minimum atomic E-state index is -0.0733. The van der Waals surface area contributed by atoms with E-state index < -0.39 is 0 Å². The van der Waals surface area contributed by atoms with Crippen LogP contribution in [0.4, 0.5) is 10.5 Å². The first-order valence-electron chi connectivity index (χ1n) is 8.84. The molecule has 1 aromatic heterocycles. The Balaban J connectivity index is 1.48. The van der Waals surface area contributed by atoms with Crippen LogP contribution >= 0.6 is 0 Å². The molecule has 25 heavy (non-hydrogen) atoms. The lowest BCUT2D eigenvalue weighted by molar-refractivity contribution is 0.217. The fourth-order valence-electron chi connectivity index (χ4n) is 3.22. The maximum atomic E-state index is 12.8. The van der Waals surface area contributed by atoms with E-state index in [0.717, 1.165) is 43.0 Å². The molecule has 0 atom stereocenters. The van der Waals surface area contributed by atoms with Gasteiger partial charge in [0.15, 0.2) is 0 Å². The van der Waals surface area contributed by atoms with Crippen LogP contribution in [-0.2, 0) is 0 Å². The van der Waals surface area contributed by atoms with Gasteiger partial charge in [0.25, 0.3) is 0 Å². The van der Waals surface area contributed by atoms with Crippen molar-refractivity contribution >= 4 is 17.3 Å². The lowest BCUT2D eigenvalue weighted by atomic mass is 10.0. The van der Waals surface area contributed by atoms with Crippen LogP contribution in [-0.4, -0.2) is 34.0 Å². The van der Waals surface area contributed by atoms with Crippen LogP contribution in [0.25, 0.3) is 5.57 Å². The molecule has 2 aromatic rings. The molecule has 1 aromatic carbocycles. The molecular formula is C20H22N4O. The summed E-state index contributed by atoms with van der Waals surface area (Å²) in [6.45, 7) is 3.24. The van der Waals surface area contributed by atoms with E-state index in [-0.39, 0.29) is 6.03 Å². The number of aryl methyl sites for hydroxylation is 1. The summed E-state index contributed by atoms with van der Waals surface area (Å²) >= 11 is 0. The van der Waals surface area contributed by atoms with E-state index in [9.17, 15) is 4.79 Å². The Kier molecular flexibility index (Phi) is 4.22. The van der Waals surface area contributed by atoms with Gasteiger partial charge in [-0.05, 0) is 37.3 Å². The summed E-state index contributed by atoms with van der Waals surface area (Å²) in [7, 11) is 0. The number of urea groups is 1. The summed E-state index contributed by atoms with van der Waals surface area (Å²) in [5.74, 6) is 1.23. The summed E-state index contributed by atoms with van der Waals surface area (Å²) in [6, 6.07) is 10.2. The second-order valence-electron chi connectivity index (χ2n) is 6.73. The van der Waals surface area contributed by atoms with Crippen LogP contribution in [0.1, 0.15) is 42.3 Å². The average molecular weight is 334 g/mol. The van der Waals surface area contributed by atoms with Crippen molar-refractivity contribution in [1.29, 1.82) is 0 Å². The van der Waals surface area contributed by atoms with Gasteiger partial charge in [0, 0.05) is 19.0 Å². The Bertz CT molecular complexity index is 812. The molecule has 1 aliphatic carbocycles. The predicted octanol–water partition coefficient (Wildman–Crippen LogP) is 3.98. The first-order chi connectivity index (χ1) is 12.2. The second-order valence-corrected chi connectivity index (χ2v) is 6.73. The molecular weight excluding hydrogens is 312 g/mol. The molecule has 2 aliphatic rings. The smallest absolute Gasteiger partial charge is 0.320 e. The Morgan fingerprint density at radius 1 is 1.24 bits per heavy atom. The van der Waals surface area contributed by atoms with Gasteiger partial charge in [0.2, 0.25) is 0 Å². The normalized spacial score (nSPS) is 17.2. The van der Waals surface area contributed by atoms with Crippen LogP contribution in [0.15, 0.2) is 42.6 Å². The molecule has 128 valence electrons. The predicted molar refractivity (Wildman–Crippen MR) is 98.4 cm³/mol. The van der Waals surface area contributed by atoms with Crippen molar-refractivity contribution in [1.82, 2.24) is 14.9 Å². The number of anilines is 1. The molecule has 2 heterocycles. The highest BCUT2D eigenvalue weighted by Crippen LogP contribution is 2.42. The molecule has 1 saturated carbocycles. The molecule has 2 amide bonds. The number of rotatable bonds is 3. The molecule has 0 saturated heterocycles. The quantitative estimate of drug-likeness (QED) is 0.923. The van der Waals surface area contributed by atoms with Crippen molar-refractivity contribution in [3.05, 3.63) is 59.7 Å². The highest BCUT2D eigenvalue weighted by molar-refractivity contribution is 5.91. The van der Waals surface area contributed by atoms with Crippen molar-refractivity contribution < 1.29 is 4.79 Å². The number of nitrogens with one attached hydrogen (secondary N) is 1. The van der Waals surface area contributed by atoms with E-state index in [1.165, 1.54) is 11.1 Å². The third kappa shape index (κ3) is 3.55. The van der Waals surface area contributed by atoms with Gasteiger partial charge >= 0.3 is 6.03 Å². The maximum Gasteiger partial charge on any atom is 0.322 e. The molecule has 0 radical (unpaired) electrons. The standard InChI is InChI=1S/C20H22N4O/c1-14-21-12-18(19(22-14)16-9-10-16)23-20(25)24-11-5-8-17(13-24)15-6-3-2-4-7-15/h2-4,6-8,12,16H,5,9-11,13H2,1H3,(H,23,25). The third-order valence-electron chi connectivity index (χ3n) is 4.73. The zero-order valence-corrected chi connectivity index (χ0v) is 14.4. The molecule has 0 spiro atoms. The Morgan fingerprint density at radius 3 is 2.80 bits per heavy atom. The maximum absolute atomic E-state index is 12.8. The number of amides is 2. The summed E-state index contributed by atoms with van der Waals surface area (Å²) in [5.41, 5.74) is 4.12. The Labute approximate surface area is 147 Å². The molecule has 4 rings (SSSR count). The van der Waals surface area contributed by atoms with Crippen molar-refractivity contribution in [2.75, 3.05) is 18.4 Å². The molecule has 0 unspecified atom stereocenters. The Morgan fingerprint density at radius 2 is 2.04 bits per heavy atom. The third-order valence-corrected chi connectivity index (χ3v) is 4.73. The van der Waals surface area contributed by atoms with Crippen molar-refractivity contribution in [3.8, 4) is 0 Å². The molecule has 5 nitrogen and oxygen atoms in total. The molecule has 5 heteroatoms. The molecule has 1 fully saturated rings. The largest absolute Gasteiger partial charge is 0.322 e. The lowest BCUT2D eigenvalue weighted by Crippen LogP contribution is -2.38. The topological polar surface area (TPSA) is 58.1 Å². The Hall–Kier alpha value is -2.69. The summed E-state index contributed by atoms with van der Waals surface area (Å²) in [6.07, 6.45) is 7.13. The van der Waals surface area contributed by atoms with Gasteiger partial charge in [-0.2, -0.15) is 0 Å². The summed E-state index contributed by atoms with van der Waals surface area (Å²) in [4.78, 5) is 23.4. The van der Waals surface area contributed by atoms with Crippen molar-refractivity contribution in [3.63, 3.8) is 0 Å². The van der Waals surface area contributed by atoms with Crippen LogP contribution in [0, 0.1) is 6.92 Å². The van der Waals surface area contributed by atoms with Gasteiger partial charge in [0.05, 0.1) is 17.6 Å². The van der Waals surface area contributed by atoms with Crippen molar-refractivity contribution in [2.24, 2.45) is 0 Å². The van der Waals surface area contributed by atoms with Crippen LogP contribution in [0.5, 0.6) is 0 Å². The minimum absolute atomic E-state index is 0.0733. The van der Waals surface area contributed by atoms with E-state index >= 15 is 0 Å². The van der Waals surface area contributed by atoms with E-state index in [1.807, 2.05) is 30.0 Å². The highest BCUT2D eigenvalue weighted by atomic mass is 16.2. The number of hydrogen-bond donors (Lipinski definition) is 1. The summed E-state index contributed by atoms with van der Waals surface area (Å²) < 4.78 is 0. The SMILES string of the molecule is Cc1ncc(NC(=O)N2CCC=C(c3ccccc3)C2)c(C2CC2)n1. The zero-order chi connectivity index (χ0) is 17.2. The van der Waals surface area contributed by atoms with Gasteiger partial charge < -0.3 is 10.2 Å². The van der Waals surface area contributed by atoms with Gasteiger partial charge in [-0.1, -0.05) is 36.4 Å². The fourth-order valence-corrected chi connectivity index (χ4v) is 3.22. The molecule has 1 N–H and O–H groups in total. The average Bonchev–Trinajstić information content (AvgIpc) is 3.49. The van der Waals surface area contributed by atoms with Crippen molar-refractivity contribution in [2.45, 2.75) is 32.1 Å². The number of hydrogen-bond acceptors (Lipinski definition) is 3. The first kappa shape index (κ1) is 15.8. The molecule has 0 bridgehead atoms.